The number of benzene rings is 1. The lowest BCUT2D eigenvalue weighted by Gasteiger charge is -2.17. The summed E-state index contributed by atoms with van der Waals surface area (Å²) in [7, 11) is 1.20. The predicted octanol–water partition coefficient (Wildman–Crippen LogP) is 3.52. The van der Waals surface area contributed by atoms with Crippen LogP contribution in [0.3, 0.4) is 0 Å². The van der Waals surface area contributed by atoms with E-state index in [1.165, 1.54) is 33.1 Å². The Morgan fingerprint density at radius 2 is 1.52 bits per heavy atom. The molecule has 1 aromatic carbocycles. The minimum Gasteiger partial charge on any atom is -0.477 e. The van der Waals surface area contributed by atoms with E-state index in [-0.39, 0.29) is 20.8 Å². The van der Waals surface area contributed by atoms with Crippen molar-refractivity contribution in [2.24, 2.45) is 0 Å². The highest BCUT2D eigenvalue weighted by Gasteiger charge is 2.24. The molecule has 2 atom stereocenters. The molecule has 0 aliphatic heterocycles. The zero-order valence-electron chi connectivity index (χ0n) is 11.5. The van der Waals surface area contributed by atoms with Crippen LogP contribution in [0.1, 0.15) is 13.8 Å². The first kappa shape index (κ1) is 17.9. The Labute approximate surface area is 137 Å². The van der Waals surface area contributed by atoms with E-state index in [4.69, 9.17) is 44.3 Å². The van der Waals surface area contributed by atoms with Gasteiger partial charge in [-0.3, -0.25) is 0 Å². The molecule has 0 heterocycles. The molecule has 0 unspecified atom stereocenters. The molecule has 8 heteroatoms. The Balaban J connectivity index is 2.73. The van der Waals surface area contributed by atoms with Crippen LogP contribution >= 0.6 is 34.8 Å². The summed E-state index contributed by atoms with van der Waals surface area (Å²) in [6.07, 6.45) is -2.02. The van der Waals surface area contributed by atoms with Crippen LogP contribution in [0.15, 0.2) is 12.1 Å². The molecule has 0 bridgehead atoms. The maximum Gasteiger partial charge on any atom is 0.347 e. The third-order valence-electron chi connectivity index (χ3n) is 2.44. The van der Waals surface area contributed by atoms with E-state index in [9.17, 15) is 9.59 Å². The number of rotatable bonds is 5. The molecule has 116 valence electrons. The van der Waals surface area contributed by atoms with Crippen LogP contribution in [0, 0.1) is 0 Å². The lowest BCUT2D eigenvalue weighted by atomic mass is 10.3. The van der Waals surface area contributed by atoms with Gasteiger partial charge in [0.05, 0.1) is 22.2 Å². The van der Waals surface area contributed by atoms with E-state index in [2.05, 4.69) is 4.74 Å². The van der Waals surface area contributed by atoms with Crippen molar-refractivity contribution >= 4 is 46.7 Å². The van der Waals surface area contributed by atoms with Crippen LogP contribution in [0.25, 0.3) is 0 Å². The molecule has 21 heavy (non-hydrogen) atoms. The van der Waals surface area contributed by atoms with Gasteiger partial charge in [-0.15, -0.1) is 0 Å². The van der Waals surface area contributed by atoms with Gasteiger partial charge < -0.3 is 14.2 Å². The van der Waals surface area contributed by atoms with Crippen molar-refractivity contribution in [3.63, 3.8) is 0 Å². The molecule has 0 fully saturated rings. The van der Waals surface area contributed by atoms with E-state index in [1.54, 1.807) is 0 Å². The fourth-order valence-electron chi connectivity index (χ4n) is 1.32. The summed E-state index contributed by atoms with van der Waals surface area (Å²) in [6, 6.07) is 2.79. The number of hydrogen-bond acceptors (Lipinski definition) is 5. The van der Waals surface area contributed by atoms with Crippen LogP contribution in [-0.2, 0) is 19.1 Å². The number of halogens is 3. The van der Waals surface area contributed by atoms with Gasteiger partial charge in [-0.05, 0) is 19.9 Å². The largest absolute Gasteiger partial charge is 0.477 e. The Bertz CT molecular complexity index is 547. The molecule has 0 amide bonds. The van der Waals surface area contributed by atoms with Crippen molar-refractivity contribution in [1.82, 2.24) is 0 Å². The Morgan fingerprint density at radius 1 is 0.952 bits per heavy atom. The molecule has 0 radical (unpaired) electrons. The Morgan fingerprint density at radius 3 is 2.10 bits per heavy atom. The average Bonchev–Trinajstić information content (AvgIpc) is 2.43. The van der Waals surface area contributed by atoms with Gasteiger partial charge in [-0.1, -0.05) is 34.8 Å². The van der Waals surface area contributed by atoms with Crippen molar-refractivity contribution in [1.29, 1.82) is 0 Å². The maximum atomic E-state index is 11.8. The van der Waals surface area contributed by atoms with E-state index < -0.39 is 24.1 Å². The van der Waals surface area contributed by atoms with Gasteiger partial charge in [-0.25, -0.2) is 9.59 Å². The number of esters is 2. The Hall–Kier alpha value is -1.17. The van der Waals surface area contributed by atoms with Gasteiger partial charge in [-0.2, -0.15) is 0 Å². The predicted molar refractivity (Wildman–Crippen MR) is 79.1 cm³/mol. The van der Waals surface area contributed by atoms with E-state index in [0.717, 1.165) is 0 Å². The zero-order chi connectivity index (χ0) is 16.2. The summed E-state index contributed by atoms with van der Waals surface area (Å²) in [5.41, 5.74) is 0. The van der Waals surface area contributed by atoms with Gasteiger partial charge in [0, 0.05) is 6.07 Å². The van der Waals surface area contributed by atoms with Crippen molar-refractivity contribution in [2.75, 3.05) is 7.11 Å². The van der Waals surface area contributed by atoms with Gasteiger partial charge in [0.1, 0.15) is 5.75 Å². The first-order valence-electron chi connectivity index (χ1n) is 5.85. The third kappa shape index (κ3) is 4.95. The zero-order valence-corrected chi connectivity index (χ0v) is 13.8. The molecule has 0 aliphatic rings. The minimum absolute atomic E-state index is 0.182. The fraction of sp³-hybridized carbons (Fsp3) is 0.385. The second-order valence-electron chi connectivity index (χ2n) is 4.06. The van der Waals surface area contributed by atoms with Crippen LogP contribution in [0.4, 0.5) is 0 Å². The number of ether oxygens (including phenoxy) is 3. The quantitative estimate of drug-likeness (QED) is 0.597. The summed E-state index contributed by atoms with van der Waals surface area (Å²) in [4.78, 5) is 23.0. The Kier molecular flexibility index (Phi) is 6.58. The standard InChI is InChI=1S/C13H13Cl3O5/c1-6(12(17)19-3)21-13(18)7(2)20-11-5-9(15)8(14)4-10(11)16/h4-7H,1-3H3/t6-,7+/m0/s1. The second kappa shape index (κ2) is 7.73. The smallest absolute Gasteiger partial charge is 0.347 e. The topological polar surface area (TPSA) is 61.8 Å². The summed E-state index contributed by atoms with van der Waals surface area (Å²) < 4.78 is 14.7. The fourth-order valence-corrected chi connectivity index (χ4v) is 1.90. The van der Waals surface area contributed by atoms with Gasteiger partial charge >= 0.3 is 11.9 Å². The number of hydrogen-bond donors (Lipinski definition) is 0. The summed E-state index contributed by atoms with van der Waals surface area (Å²) in [6.45, 7) is 2.84. The number of methoxy groups -OCH3 is 1. The third-order valence-corrected chi connectivity index (χ3v) is 3.45. The normalized spacial score (nSPS) is 13.2. The van der Waals surface area contributed by atoms with E-state index >= 15 is 0 Å². The number of carbonyl (C=O) groups excluding carboxylic acids is 2. The first-order valence-corrected chi connectivity index (χ1v) is 6.99. The minimum atomic E-state index is -1.03. The molecular formula is C13H13Cl3O5. The van der Waals surface area contributed by atoms with Crippen LogP contribution < -0.4 is 4.74 Å². The number of carbonyl (C=O) groups is 2. The molecule has 0 spiro atoms. The first-order chi connectivity index (χ1) is 9.76. The van der Waals surface area contributed by atoms with E-state index in [1.807, 2.05) is 0 Å². The van der Waals surface area contributed by atoms with Crippen LogP contribution in [0.2, 0.25) is 15.1 Å². The second-order valence-corrected chi connectivity index (χ2v) is 5.28. The molecule has 1 rings (SSSR count). The molecule has 1 aromatic rings. The van der Waals surface area contributed by atoms with Gasteiger partial charge in [0.2, 0.25) is 0 Å². The van der Waals surface area contributed by atoms with Crippen molar-refractivity contribution < 1.29 is 23.8 Å². The average molecular weight is 356 g/mol. The van der Waals surface area contributed by atoms with Crippen LogP contribution in [0.5, 0.6) is 5.75 Å². The van der Waals surface area contributed by atoms with Gasteiger partial charge in [0.25, 0.3) is 0 Å². The summed E-state index contributed by atoms with van der Waals surface area (Å²) in [5, 5.41) is 0.702. The van der Waals surface area contributed by atoms with Gasteiger partial charge in [0.15, 0.2) is 12.2 Å². The maximum absolute atomic E-state index is 11.8. The molecule has 5 nitrogen and oxygen atoms in total. The lowest BCUT2D eigenvalue weighted by molar-refractivity contribution is -0.168. The lowest BCUT2D eigenvalue weighted by Crippen LogP contribution is -2.33. The highest BCUT2D eigenvalue weighted by molar-refractivity contribution is 6.43. The van der Waals surface area contributed by atoms with E-state index in [0.29, 0.717) is 0 Å². The molecule has 0 saturated heterocycles. The summed E-state index contributed by atoms with van der Waals surface area (Å²) >= 11 is 17.6. The SMILES string of the molecule is COC(=O)[C@H](C)OC(=O)[C@@H](C)Oc1cc(Cl)c(Cl)cc1Cl. The molecule has 0 aliphatic carbocycles. The molecular weight excluding hydrogens is 342 g/mol. The van der Waals surface area contributed by atoms with Crippen molar-refractivity contribution in [3.05, 3.63) is 27.2 Å². The highest BCUT2D eigenvalue weighted by Crippen LogP contribution is 2.34. The monoisotopic (exact) mass is 354 g/mol. The molecule has 0 saturated carbocycles. The van der Waals surface area contributed by atoms with Crippen molar-refractivity contribution in [3.8, 4) is 5.75 Å². The highest BCUT2D eigenvalue weighted by atomic mass is 35.5. The van der Waals surface area contributed by atoms with Crippen LogP contribution in [-0.4, -0.2) is 31.3 Å². The summed E-state index contributed by atoms with van der Waals surface area (Å²) in [5.74, 6) is -1.22. The van der Waals surface area contributed by atoms with Crippen molar-refractivity contribution in [2.45, 2.75) is 26.1 Å². The molecule has 0 aromatic heterocycles. The molecule has 0 N–H and O–H groups in total.